The Morgan fingerprint density at radius 3 is 2.43 bits per heavy atom. The van der Waals surface area contributed by atoms with Crippen LogP contribution in [0.2, 0.25) is 0 Å². The molecule has 0 aromatic heterocycles. The number of carbonyl (C=O) groups excluding carboxylic acids is 1. The van der Waals surface area contributed by atoms with E-state index in [1.165, 1.54) is 0 Å². The van der Waals surface area contributed by atoms with Crippen molar-refractivity contribution in [3.63, 3.8) is 0 Å². The third kappa shape index (κ3) is 5.47. The van der Waals surface area contributed by atoms with Gasteiger partial charge in [0, 0.05) is 19.6 Å². The second kappa shape index (κ2) is 10.0. The zero-order valence-corrected chi connectivity index (χ0v) is 14.3. The van der Waals surface area contributed by atoms with Crippen LogP contribution in [-0.4, -0.2) is 56.0 Å². The van der Waals surface area contributed by atoms with E-state index in [2.05, 4.69) is 5.32 Å². The van der Waals surface area contributed by atoms with Crippen LogP contribution in [0.15, 0.2) is 30.3 Å². The van der Waals surface area contributed by atoms with E-state index in [9.17, 15) is 4.79 Å². The van der Waals surface area contributed by atoms with E-state index < -0.39 is 0 Å². The molecule has 0 saturated carbocycles. The molecule has 0 aliphatic carbocycles. The zero-order chi connectivity index (χ0) is 13.7. The van der Waals surface area contributed by atoms with E-state index in [-0.39, 0.29) is 36.8 Å². The lowest BCUT2D eigenvalue weighted by molar-refractivity contribution is -0.136. The summed E-state index contributed by atoms with van der Waals surface area (Å²) in [4.78, 5) is 16.7. The Hall–Kier alpha value is -0.810. The van der Waals surface area contributed by atoms with Crippen LogP contribution < -0.4 is 5.32 Å². The molecule has 0 radical (unpaired) electrons. The molecule has 1 atom stereocenters. The molecule has 21 heavy (non-hydrogen) atoms. The summed E-state index contributed by atoms with van der Waals surface area (Å²) in [7, 11) is 3.93. The van der Waals surface area contributed by atoms with Crippen molar-refractivity contribution in [1.82, 2.24) is 15.1 Å². The van der Waals surface area contributed by atoms with Gasteiger partial charge >= 0.3 is 0 Å². The fourth-order valence-electron chi connectivity index (χ4n) is 2.54. The number of amides is 1. The first-order chi connectivity index (χ1) is 9.20. The Balaban J connectivity index is 0.00000200. The van der Waals surface area contributed by atoms with Gasteiger partial charge in [0.05, 0.1) is 0 Å². The Morgan fingerprint density at radius 1 is 1.14 bits per heavy atom. The lowest BCUT2D eigenvalue weighted by Crippen LogP contribution is -2.42. The molecule has 1 fully saturated rings. The largest absolute Gasteiger partial charge is 0.340 e. The first-order valence-electron chi connectivity index (χ1n) is 6.91. The topological polar surface area (TPSA) is 35.6 Å². The predicted molar refractivity (Wildman–Crippen MR) is 91.4 cm³/mol. The molecule has 1 aliphatic rings. The molecule has 1 aromatic rings. The number of nitrogens with zero attached hydrogens (tertiary/aromatic N) is 2. The minimum absolute atomic E-state index is 0. The van der Waals surface area contributed by atoms with E-state index in [0.717, 1.165) is 38.2 Å². The van der Waals surface area contributed by atoms with Gasteiger partial charge in [0.2, 0.25) is 5.91 Å². The standard InChI is InChI=1S/C15H23N3O.2ClH/c1-17(2)14(13-7-4-3-5-8-13)15(19)18-11-6-9-16-10-12-18;;/h3-5,7-8,14,16H,6,9-12H2,1-2H3;2*1H. The summed E-state index contributed by atoms with van der Waals surface area (Å²) >= 11 is 0. The summed E-state index contributed by atoms with van der Waals surface area (Å²) in [6, 6.07) is 9.83. The van der Waals surface area contributed by atoms with Gasteiger partial charge in [-0.2, -0.15) is 0 Å². The molecule has 1 aromatic carbocycles. The predicted octanol–water partition coefficient (Wildman–Crippen LogP) is 1.95. The van der Waals surface area contributed by atoms with Gasteiger partial charge in [0.15, 0.2) is 0 Å². The summed E-state index contributed by atoms with van der Waals surface area (Å²) in [6.07, 6.45) is 1.03. The zero-order valence-electron chi connectivity index (χ0n) is 12.6. The van der Waals surface area contributed by atoms with Crippen molar-refractivity contribution in [2.45, 2.75) is 12.5 Å². The fraction of sp³-hybridized carbons (Fsp3) is 0.533. The summed E-state index contributed by atoms with van der Waals surface area (Å²) in [5.41, 5.74) is 1.06. The maximum Gasteiger partial charge on any atom is 0.244 e. The molecule has 4 nitrogen and oxygen atoms in total. The summed E-state index contributed by atoms with van der Waals surface area (Å²) in [5, 5.41) is 3.33. The Morgan fingerprint density at radius 2 is 1.81 bits per heavy atom. The van der Waals surface area contributed by atoms with Crippen LogP contribution in [0.5, 0.6) is 0 Å². The molecule has 1 saturated heterocycles. The van der Waals surface area contributed by atoms with E-state index in [1.807, 2.05) is 54.2 Å². The smallest absolute Gasteiger partial charge is 0.244 e. The monoisotopic (exact) mass is 333 g/mol. The van der Waals surface area contributed by atoms with Crippen LogP contribution in [-0.2, 0) is 4.79 Å². The van der Waals surface area contributed by atoms with Crippen LogP contribution in [0.3, 0.4) is 0 Å². The van der Waals surface area contributed by atoms with Gasteiger partial charge < -0.3 is 10.2 Å². The van der Waals surface area contributed by atoms with Crippen molar-refractivity contribution in [3.05, 3.63) is 35.9 Å². The molecule has 6 heteroatoms. The number of hydrogen-bond acceptors (Lipinski definition) is 3. The number of carbonyl (C=O) groups is 1. The highest BCUT2D eigenvalue weighted by Gasteiger charge is 2.27. The van der Waals surface area contributed by atoms with E-state index in [4.69, 9.17) is 0 Å². The average molecular weight is 334 g/mol. The fourth-order valence-corrected chi connectivity index (χ4v) is 2.54. The highest BCUT2D eigenvalue weighted by molar-refractivity contribution is 5.85. The van der Waals surface area contributed by atoms with Crippen molar-refractivity contribution in [1.29, 1.82) is 0 Å². The lowest BCUT2D eigenvalue weighted by atomic mass is 10.0. The van der Waals surface area contributed by atoms with Gasteiger partial charge in [-0.15, -0.1) is 24.8 Å². The number of hydrogen-bond donors (Lipinski definition) is 1. The highest BCUT2D eigenvalue weighted by atomic mass is 35.5. The first-order valence-corrected chi connectivity index (χ1v) is 6.91. The molecule has 0 bridgehead atoms. The number of rotatable bonds is 3. The molecule has 1 unspecified atom stereocenters. The van der Waals surface area contributed by atoms with Crippen LogP contribution in [0.4, 0.5) is 0 Å². The van der Waals surface area contributed by atoms with Gasteiger partial charge in [-0.25, -0.2) is 0 Å². The van der Waals surface area contributed by atoms with Gasteiger partial charge in [-0.1, -0.05) is 30.3 Å². The lowest BCUT2D eigenvalue weighted by Gasteiger charge is -2.30. The Bertz CT molecular complexity index is 407. The first kappa shape index (κ1) is 20.2. The summed E-state index contributed by atoms with van der Waals surface area (Å²) < 4.78 is 0. The van der Waals surface area contributed by atoms with E-state index in [1.54, 1.807) is 0 Å². The highest BCUT2D eigenvalue weighted by Crippen LogP contribution is 2.21. The van der Waals surface area contributed by atoms with Crippen LogP contribution >= 0.6 is 24.8 Å². The van der Waals surface area contributed by atoms with E-state index in [0.29, 0.717) is 0 Å². The molecule has 1 N–H and O–H groups in total. The van der Waals surface area contributed by atoms with E-state index >= 15 is 0 Å². The molecule has 120 valence electrons. The van der Waals surface area contributed by atoms with Crippen molar-refractivity contribution in [3.8, 4) is 0 Å². The van der Waals surface area contributed by atoms with Crippen LogP contribution in [0.1, 0.15) is 18.0 Å². The van der Waals surface area contributed by atoms with Crippen molar-refractivity contribution in [2.75, 3.05) is 40.3 Å². The third-order valence-electron chi connectivity index (χ3n) is 3.52. The minimum atomic E-state index is -0.181. The Labute approximate surface area is 139 Å². The number of nitrogens with one attached hydrogen (secondary N) is 1. The summed E-state index contributed by atoms with van der Waals surface area (Å²) in [5.74, 6) is 0.208. The maximum absolute atomic E-state index is 12.7. The molecule has 1 aliphatic heterocycles. The van der Waals surface area contributed by atoms with Crippen molar-refractivity contribution in [2.24, 2.45) is 0 Å². The molecular formula is C15H25Cl2N3O. The normalized spacial score (nSPS) is 16.4. The summed E-state index contributed by atoms with van der Waals surface area (Å²) in [6.45, 7) is 3.54. The van der Waals surface area contributed by atoms with Crippen molar-refractivity contribution >= 4 is 30.7 Å². The second-order valence-electron chi connectivity index (χ2n) is 5.21. The quantitative estimate of drug-likeness (QED) is 0.918. The van der Waals surface area contributed by atoms with Gasteiger partial charge in [0.25, 0.3) is 0 Å². The van der Waals surface area contributed by atoms with Gasteiger partial charge in [0.1, 0.15) is 6.04 Å². The van der Waals surface area contributed by atoms with Gasteiger partial charge in [-0.3, -0.25) is 9.69 Å². The minimum Gasteiger partial charge on any atom is -0.340 e. The maximum atomic E-state index is 12.7. The van der Waals surface area contributed by atoms with Gasteiger partial charge in [-0.05, 0) is 32.6 Å². The third-order valence-corrected chi connectivity index (χ3v) is 3.52. The van der Waals surface area contributed by atoms with Crippen molar-refractivity contribution < 1.29 is 4.79 Å². The average Bonchev–Trinajstić information content (AvgIpc) is 2.68. The number of benzene rings is 1. The molecular weight excluding hydrogens is 309 g/mol. The molecule has 1 heterocycles. The van der Waals surface area contributed by atoms with Crippen LogP contribution in [0, 0.1) is 0 Å². The SMILES string of the molecule is CN(C)C(C(=O)N1CCCNCC1)c1ccccc1.Cl.Cl. The molecule has 0 spiro atoms. The molecule has 2 rings (SSSR count). The number of likely N-dealkylation sites (N-methyl/N-ethyl adjacent to an activating group) is 1. The van der Waals surface area contributed by atoms with Crippen LogP contribution in [0.25, 0.3) is 0 Å². The Kier molecular flexibility index (Phi) is 9.62. The number of halogens is 2. The molecule has 1 amide bonds. The second-order valence-corrected chi connectivity index (χ2v) is 5.21.